The maximum atomic E-state index is 14.6. The number of aromatic nitrogens is 5. The van der Waals surface area contributed by atoms with Crippen LogP contribution in [0.2, 0.25) is 0 Å². The van der Waals surface area contributed by atoms with E-state index in [4.69, 9.17) is 9.78 Å². The lowest BCUT2D eigenvalue weighted by Crippen LogP contribution is -1.97. The van der Waals surface area contributed by atoms with Crippen molar-refractivity contribution >= 4 is 0 Å². The van der Waals surface area contributed by atoms with Gasteiger partial charge in [0.1, 0.15) is 23.3 Å². The molecule has 0 radical (unpaired) electrons. The van der Waals surface area contributed by atoms with Crippen LogP contribution >= 0.6 is 0 Å². The minimum Gasteiger partial charge on any atom is -0.332 e. The average Bonchev–Trinajstić information content (AvgIpc) is 3.21. The Labute approximate surface area is 157 Å². The minimum atomic E-state index is -0.537. The number of nitrogens with zero attached hydrogens (tertiary/aromatic N) is 6. The molecule has 0 saturated carbocycles. The summed E-state index contributed by atoms with van der Waals surface area (Å²) < 4.78 is 32.8. The fourth-order valence-electron chi connectivity index (χ4n) is 2.56. The van der Waals surface area contributed by atoms with Gasteiger partial charge in [0.2, 0.25) is 5.82 Å². The van der Waals surface area contributed by atoms with Crippen molar-refractivity contribution < 1.29 is 13.3 Å². The van der Waals surface area contributed by atoms with E-state index >= 15 is 0 Å². The Bertz CT molecular complexity index is 1210. The third-order valence-corrected chi connectivity index (χ3v) is 3.90. The van der Waals surface area contributed by atoms with E-state index in [0.29, 0.717) is 16.8 Å². The standard InChI is InChI=1S/C19H10F2N6O/c1-10-17(21)14(12-4-11(6-22)7-23-8-12)5-16(25-10)18-26-19(28-27-18)15-3-2-13(20)9-24-15/h2-5,7-9H,1H3. The normalized spacial score (nSPS) is 10.6. The molecule has 4 rings (SSSR count). The molecule has 4 aromatic heterocycles. The first kappa shape index (κ1) is 17.4. The monoisotopic (exact) mass is 376 g/mol. The number of hydrogen-bond acceptors (Lipinski definition) is 7. The molecule has 0 aliphatic carbocycles. The second kappa shape index (κ2) is 6.92. The molecule has 28 heavy (non-hydrogen) atoms. The second-order valence-electron chi connectivity index (χ2n) is 5.81. The average molecular weight is 376 g/mol. The van der Waals surface area contributed by atoms with Crippen LogP contribution in [-0.2, 0) is 0 Å². The van der Waals surface area contributed by atoms with Gasteiger partial charge in [-0.1, -0.05) is 5.16 Å². The van der Waals surface area contributed by atoms with Gasteiger partial charge in [0.25, 0.3) is 5.89 Å². The topological polar surface area (TPSA) is 101 Å². The van der Waals surface area contributed by atoms with Gasteiger partial charge in [-0.2, -0.15) is 10.2 Å². The number of rotatable bonds is 3. The first-order valence-electron chi connectivity index (χ1n) is 8.04. The molecule has 0 aliphatic rings. The lowest BCUT2D eigenvalue weighted by molar-refractivity contribution is 0.430. The third kappa shape index (κ3) is 3.19. The largest absolute Gasteiger partial charge is 0.332 e. The van der Waals surface area contributed by atoms with Crippen molar-refractivity contribution in [3.05, 3.63) is 65.7 Å². The molecule has 0 fully saturated rings. The molecule has 0 aliphatic heterocycles. The predicted octanol–water partition coefficient (Wildman–Crippen LogP) is 3.71. The lowest BCUT2D eigenvalue weighted by atomic mass is 10.0. The number of aryl methyl sites for hydroxylation is 1. The van der Waals surface area contributed by atoms with Gasteiger partial charge in [0, 0.05) is 23.5 Å². The molecule has 0 amide bonds. The van der Waals surface area contributed by atoms with Crippen LogP contribution in [0.5, 0.6) is 0 Å². The van der Waals surface area contributed by atoms with E-state index in [1.807, 2.05) is 6.07 Å². The van der Waals surface area contributed by atoms with Gasteiger partial charge >= 0.3 is 0 Å². The highest BCUT2D eigenvalue weighted by Gasteiger charge is 2.18. The molecular weight excluding hydrogens is 366 g/mol. The second-order valence-corrected chi connectivity index (χ2v) is 5.81. The number of pyridine rings is 3. The van der Waals surface area contributed by atoms with Crippen molar-refractivity contribution in [2.24, 2.45) is 0 Å². The first-order chi connectivity index (χ1) is 13.5. The molecule has 0 saturated heterocycles. The molecule has 0 atom stereocenters. The van der Waals surface area contributed by atoms with Gasteiger partial charge in [-0.15, -0.1) is 0 Å². The summed E-state index contributed by atoms with van der Waals surface area (Å²) in [6.07, 6.45) is 3.87. The molecule has 0 N–H and O–H groups in total. The van der Waals surface area contributed by atoms with E-state index in [-0.39, 0.29) is 28.7 Å². The highest BCUT2D eigenvalue weighted by Crippen LogP contribution is 2.29. The van der Waals surface area contributed by atoms with Crippen LogP contribution in [0.25, 0.3) is 34.2 Å². The van der Waals surface area contributed by atoms with Gasteiger partial charge in [-0.05, 0) is 31.2 Å². The molecular formula is C19H10F2N6O. The Hall–Kier alpha value is -4.06. The minimum absolute atomic E-state index is 0.0773. The van der Waals surface area contributed by atoms with Crippen LogP contribution < -0.4 is 0 Å². The summed E-state index contributed by atoms with van der Waals surface area (Å²) in [6.45, 7) is 1.51. The summed E-state index contributed by atoms with van der Waals surface area (Å²) in [6, 6.07) is 7.57. The highest BCUT2D eigenvalue weighted by molar-refractivity contribution is 5.70. The Balaban J connectivity index is 1.78. The maximum absolute atomic E-state index is 14.6. The van der Waals surface area contributed by atoms with Gasteiger partial charge in [-0.25, -0.2) is 18.7 Å². The van der Waals surface area contributed by atoms with Crippen molar-refractivity contribution in [3.8, 4) is 40.3 Å². The van der Waals surface area contributed by atoms with E-state index in [1.165, 1.54) is 43.6 Å². The van der Waals surface area contributed by atoms with Gasteiger partial charge in [0.05, 0.1) is 17.5 Å². The van der Waals surface area contributed by atoms with Crippen molar-refractivity contribution in [1.29, 1.82) is 5.26 Å². The number of nitriles is 1. The molecule has 0 bridgehead atoms. The summed E-state index contributed by atoms with van der Waals surface area (Å²) in [7, 11) is 0. The highest BCUT2D eigenvalue weighted by atomic mass is 19.1. The Morgan fingerprint density at radius 1 is 1.04 bits per heavy atom. The quantitative estimate of drug-likeness (QED) is 0.537. The molecule has 4 aromatic rings. The zero-order chi connectivity index (χ0) is 19.7. The molecule has 0 spiro atoms. The number of hydrogen-bond donors (Lipinski definition) is 0. The van der Waals surface area contributed by atoms with Crippen LogP contribution in [0.1, 0.15) is 11.3 Å². The first-order valence-corrected chi connectivity index (χ1v) is 8.04. The molecule has 0 unspecified atom stereocenters. The van der Waals surface area contributed by atoms with Crippen LogP contribution in [0, 0.1) is 29.9 Å². The predicted molar refractivity (Wildman–Crippen MR) is 93.4 cm³/mol. The zero-order valence-corrected chi connectivity index (χ0v) is 14.4. The molecule has 7 nitrogen and oxygen atoms in total. The van der Waals surface area contributed by atoms with Gasteiger partial charge < -0.3 is 4.52 Å². The molecule has 9 heteroatoms. The van der Waals surface area contributed by atoms with Crippen LogP contribution in [0.3, 0.4) is 0 Å². The maximum Gasteiger partial charge on any atom is 0.276 e. The van der Waals surface area contributed by atoms with Gasteiger partial charge in [0.15, 0.2) is 5.82 Å². The summed E-state index contributed by atoms with van der Waals surface area (Å²) in [5, 5.41) is 12.9. The Kier molecular flexibility index (Phi) is 4.29. The molecule has 136 valence electrons. The molecule has 4 heterocycles. The summed E-state index contributed by atoms with van der Waals surface area (Å²) in [5.74, 6) is -0.829. The van der Waals surface area contributed by atoms with Gasteiger partial charge in [-0.3, -0.25) is 4.98 Å². The fourth-order valence-corrected chi connectivity index (χ4v) is 2.56. The summed E-state index contributed by atoms with van der Waals surface area (Å²) in [4.78, 5) is 16.2. The summed E-state index contributed by atoms with van der Waals surface area (Å²) in [5.41, 5.74) is 1.63. The van der Waals surface area contributed by atoms with E-state index in [2.05, 4.69) is 25.1 Å². The van der Waals surface area contributed by atoms with Crippen LogP contribution in [0.15, 0.2) is 47.4 Å². The Morgan fingerprint density at radius 3 is 2.64 bits per heavy atom. The van der Waals surface area contributed by atoms with Crippen molar-refractivity contribution in [2.45, 2.75) is 6.92 Å². The lowest BCUT2D eigenvalue weighted by Gasteiger charge is -2.07. The smallest absolute Gasteiger partial charge is 0.276 e. The van der Waals surface area contributed by atoms with E-state index < -0.39 is 11.6 Å². The summed E-state index contributed by atoms with van der Waals surface area (Å²) >= 11 is 0. The van der Waals surface area contributed by atoms with Crippen molar-refractivity contribution in [3.63, 3.8) is 0 Å². The van der Waals surface area contributed by atoms with Crippen LogP contribution in [-0.4, -0.2) is 25.1 Å². The SMILES string of the molecule is Cc1nc(-c2noc(-c3ccc(F)cn3)n2)cc(-c2cncc(C#N)c2)c1F. The van der Waals surface area contributed by atoms with Crippen molar-refractivity contribution in [2.75, 3.05) is 0 Å². The van der Waals surface area contributed by atoms with E-state index in [0.717, 1.165) is 6.20 Å². The van der Waals surface area contributed by atoms with E-state index in [9.17, 15) is 8.78 Å². The van der Waals surface area contributed by atoms with Crippen molar-refractivity contribution in [1.82, 2.24) is 25.1 Å². The fraction of sp³-hybridized carbons (Fsp3) is 0.0526. The van der Waals surface area contributed by atoms with Crippen LogP contribution in [0.4, 0.5) is 8.78 Å². The molecule has 0 aromatic carbocycles. The Morgan fingerprint density at radius 2 is 1.89 bits per heavy atom. The zero-order valence-electron chi connectivity index (χ0n) is 14.4. The number of halogens is 2. The van der Waals surface area contributed by atoms with E-state index in [1.54, 1.807) is 0 Å². The third-order valence-electron chi connectivity index (χ3n) is 3.90.